The second kappa shape index (κ2) is 7.15. The van der Waals surface area contributed by atoms with Crippen molar-refractivity contribution < 1.29 is 9.47 Å². The smallest absolute Gasteiger partial charge is 0.126 e. The Morgan fingerprint density at radius 2 is 1.89 bits per heavy atom. The van der Waals surface area contributed by atoms with Crippen LogP contribution in [0.1, 0.15) is 25.8 Å². The average molecular weight is 330 g/mol. The molecule has 4 heteroatoms. The SMILES string of the molecule is CNCC(C)(C)CCc1c(Br)cc(OC)cc1OC. The van der Waals surface area contributed by atoms with Crippen LogP contribution in [0.25, 0.3) is 0 Å². The average Bonchev–Trinajstić information content (AvgIpc) is 2.36. The minimum atomic E-state index is 0.263. The Labute approximate surface area is 124 Å². The van der Waals surface area contributed by atoms with Gasteiger partial charge in [0, 0.05) is 16.1 Å². The second-order valence-electron chi connectivity index (χ2n) is 5.48. The van der Waals surface area contributed by atoms with Gasteiger partial charge in [0.1, 0.15) is 11.5 Å². The molecular weight excluding hydrogens is 306 g/mol. The van der Waals surface area contributed by atoms with Crippen LogP contribution < -0.4 is 14.8 Å². The molecule has 0 aliphatic heterocycles. The molecule has 0 aliphatic rings. The standard InChI is InChI=1S/C15H24BrNO2/c1-15(2,10-17-3)7-6-12-13(16)8-11(18-4)9-14(12)19-5/h8-9,17H,6-7,10H2,1-5H3. The molecule has 0 saturated heterocycles. The monoisotopic (exact) mass is 329 g/mol. The van der Waals surface area contributed by atoms with Crippen LogP contribution in [0.15, 0.2) is 16.6 Å². The Morgan fingerprint density at radius 1 is 1.21 bits per heavy atom. The summed E-state index contributed by atoms with van der Waals surface area (Å²) >= 11 is 3.61. The van der Waals surface area contributed by atoms with Gasteiger partial charge in [0.05, 0.1) is 14.2 Å². The molecule has 19 heavy (non-hydrogen) atoms. The van der Waals surface area contributed by atoms with Gasteiger partial charge in [0.2, 0.25) is 0 Å². The van der Waals surface area contributed by atoms with Crippen molar-refractivity contribution in [3.05, 3.63) is 22.2 Å². The zero-order valence-electron chi connectivity index (χ0n) is 12.5. The zero-order chi connectivity index (χ0) is 14.5. The van der Waals surface area contributed by atoms with E-state index in [0.717, 1.165) is 35.4 Å². The molecule has 1 aromatic carbocycles. The summed E-state index contributed by atoms with van der Waals surface area (Å²) in [5.41, 5.74) is 1.46. The van der Waals surface area contributed by atoms with E-state index in [4.69, 9.17) is 9.47 Å². The lowest BCUT2D eigenvalue weighted by Gasteiger charge is -2.25. The first-order valence-electron chi connectivity index (χ1n) is 6.48. The lowest BCUT2D eigenvalue weighted by molar-refractivity contribution is 0.321. The minimum Gasteiger partial charge on any atom is -0.497 e. The number of benzene rings is 1. The van der Waals surface area contributed by atoms with Gasteiger partial charge in [-0.05, 0) is 37.9 Å². The maximum absolute atomic E-state index is 5.47. The Morgan fingerprint density at radius 3 is 2.42 bits per heavy atom. The van der Waals surface area contributed by atoms with Crippen LogP contribution in [-0.2, 0) is 6.42 Å². The molecule has 0 aromatic heterocycles. The fourth-order valence-electron chi connectivity index (χ4n) is 2.16. The van der Waals surface area contributed by atoms with E-state index in [1.54, 1.807) is 14.2 Å². The van der Waals surface area contributed by atoms with E-state index in [0.29, 0.717) is 0 Å². The lowest BCUT2D eigenvalue weighted by Crippen LogP contribution is -2.27. The van der Waals surface area contributed by atoms with E-state index in [2.05, 4.69) is 35.1 Å². The molecule has 0 amide bonds. The maximum Gasteiger partial charge on any atom is 0.126 e. The van der Waals surface area contributed by atoms with E-state index >= 15 is 0 Å². The number of hydrogen-bond acceptors (Lipinski definition) is 3. The van der Waals surface area contributed by atoms with Gasteiger partial charge in [-0.1, -0.05) is 29.8 Å². The van der Waals surface area contributed by atoms with E-state index in [1.807, 2.05) is 19.2 Å². The molecule has 1 rings (SSSR count). The predicted molar refractivity (Wildman–Crippen MR) is 83.3 cm³/mol. The van der Waals surface area contributed by atoms with Crippen molar-refractivity contribution in [2.75, 3.05) is 27.8 Å². The predicted octanol–water partition coefficient (Wildman–Crippen LogP) is 3.64. The molecule has 0 unspecified atom stereocenters. The highest BCUT2D eigenvalue weighted by Crippen LogP contribution is 2.35. The Hall–Kier alpha value is -0.740. The molecule has 0 bridgehead atoms. The lowest BCUT2D eigenvalue weighted by atomic mass is 9.86. The number of nitrogens with one attached hydrogen (secondary N) is 1. The van der Waals surface area contributed by atoms with Gasteiger partial charge in [-0.2, -0.15) is 0 Å². The molecule has 0 aliphatic carbocycles. The van der Waals surface area contributed by atoms with Gasteiger partial charge in [0.15, 0.2) is 0 Å². The third-order valence-corrected chi connectivity index (χ3v) is 4.00. The van der Waals surface area contributed by atoms with Crippen molar-refractivity contribution in [2.45, 2.75) is 26.7 Å². The Bertz CT molecular complexity index is 419. The van der Waals surface area contributed by atoms with Gasteiger partial charge in [-0.3, -0.25) is 0 Å². The first-order valence-corrected chi connectivity index (χ1v) is 7.28. The van der Waals surface area contributed by atoms with Crippen LogP contribution >= 0.6 is 15.9 Å². The summed E-state index contributed by atoms with van der Waals surface area (Å²) in [6.07, 6.45) is 2.07. The molecule has 108 valence electrons. The fourth-order valence-corrected chi connectivity index (χ4v) is 2.78. The van der Waals surface area contributed by atoms with E-state index in [-0.39, 0.29) is 5.41 Å². The Kier molecular flexibility index (Phi) is 6.14. The van der Waals surface area contributed by atoms with Crippen LogP contribution in [-0.4, -0.2) is 27.8 Å². The van der Waals surface area contributed by atoms with E-state index in [9.17, 15) is 0 Å². The molecule has 0 heterocycles. The molecule has 0 fully saturated rings. The normalized spacial score (nSPS) is 11.5. The highest BCUT2D eigenvalue weighted by molar-refractivity contribution is 9.10. The van der Waals surface area contributed by atoms with Crippen LogP contribution in [0.3, 0.4) is 0 Å². The molecule has 1 N–H and O–H groups in total. The Balaban J connectivity index is 2.88. The third-order valence-electron chi connectivity index (χ3n) is 3.29. The van der Waals surface area contributed by atoms with Gasteiger partial charge >= 0.3 is 0 Å². The first-order chi connectivity index (χ1) is 8.93. The topological polar surface area (TPSA) is 30.5 Å². The second-order valence-corrected chi connectivity index (χ2v) is 6.34. The molecule has 3 nitrogen and oxygen atoms in total. The van der Waals surface area contributed by atoms with Gasteiger partial charge in [-0.25, -0.2) is 0 Å². The van der Waals surface area contributed by atoms with E-state index < -0.39 is 0 Å². The molecule has 0 atom stereocenters. The van der Waals surface area contributed by atoms with Crippen LogP contribution in [0.4, 0.5) is 0 Å². The molecule has 0 radical (unpaired) electrons. The quantitative estimate of drug-likeness (QED) is 0.828. The number of halogens is 1. The van der Waals surface area contributed by atoms with Crippen molar-refractivity contribution in [1.82, 2.24) is 5.32 Å². The summed E-state index contributed by atoms with van der Waals surface area (Å²) in [4.78, 5) is 0. The number of rotatable bonds is 7. The zero-order valence-corrected chi connectivity index (χ0v) is 14.1. The first kappa shape index (κ1) is 16.3. The summed E-state index contributed by atoms with van der Waals surface area (Å²) < 4.78 is 11.8. The summed E-state index contributed by atoms with van der Waals surface area (Å²) in [5, 5.41) is 3.24. The van der Waals surface area contributed by atoms with Gasteiger partial charge in [0.25, 0.3) is 0 Å². The van der Waals surface area contributed by atoms with Gasteiger partial charge < -0.3 is 14.8 Å². The molecule has 0 saturated carbocycles. The fraction of sp³-hybridized carbons (Fsp3) is 0.600. The number of hydrogen-bond donors (Lipinski definition) is 1. The van der Waals surface area contributed by atoms with Crippen molar-refractivity contribution >= 4 is 15.9 Å². The maximum atomic E-state index is 5.47. The van der Waals surface area contributed by atoms with Crippen molar-refractivity contribution in [3.8, 4) is 11.5 Å². The molecule has 1 aromatic rings. The third kappa shape index (κ3) is 4.69. The summed E-state index contributed by atoms with van der Waals surface area (Å²) in [5.74, 6) is 1.69. The van der Waals surface area contributed by atoms with Crippen molar-refractivity contribution in [3.63, 3.8) is 0 Å². The molecular formula is C15H24BrNO2. The summed E-state index contributed by atoms with van der Waals surface area (Å²) in [7, 11) is 5.35. The number of ether oxygens (including phenoxy) is 2. The van der Waals surface area contributed by atoms with Crippen LogP contribution in [0, 0.1) is 5.41 Å². The van der Waals surface area contributed by atoms with Crippen molar-refractivity contribution in [1.29, 1.82) is 0 Å². The largest absolute Gasteiger partial charge is 0.497 e. The highest BCUT2D eigenvalue weighted by Gasteiger charge is 2.19. The highest BCUT2D eigenvalue weighted by atomic mass is 79.9. The van der Waals surface area contributed by atoms with Crippen LogP contribution in [0.5, 0.6) is 11.5 Å². The van der Waals surface area contributed by atoms with Crippen LogP contribution in [0.2, 0.25) is 0 Å². The van der Waals surface area contributed by atoms with Crippen molar-refractivity contribution in [2.24, 2.45) is 5.41 Å². The minimum absolute atomic E-state index is 0.263. The number of methoxy groups -OCH3 is 2. The summed E-state index contributed by atoms with van der Waals surface area (Å²) in [6.45, 7) is 5.55. The molecule has 0 spiro atoms. The summed E-state index contributed by atoms with van der Waals surface area (Å²) in [6, 6.07) is 3.92. The van der Waals surface area contributed by atoms with Gasteiger partial charge in [-0.15, -0.1) is 0 Å². The van der Waals surface area contributed by atoms with E-state index in [1.165, 1.54) is 5.56 Å².